The summed E-state index contributed by atoms with van der Waals surface area (Å²) in [6, 6.07) is 20.5. The normalized spacial score (nSPS) is 15.5. The van der Waals surface area contributed by atoms with E-state index in [1.165, 1.54) is 0 Å². The number of rotatable bonds is 5. The van der Waals surface area contributed by atoms with Crippen molar-refractivity contribution in [2.75, 3.05) is 16.8 Å². The number of amides is 2. The van der Waals surface area contributed by atoms with Crippen molar-refractivity contribution in [3.05, 3.63) is 84.3 Å². The van der Waals surface area contributed by atoms with E-state index in [2.05, 4.69) is 5.32 Å². The Balaban J connectivity index is 1.59. The molecule has 2 atom stereocenters. The average Bonchev–Trinajstić information content (AvgIpc) is 3.25. The molecule has 0 saturated heterocycles. The predicted molar refractivity (Wildman–Crippen MR) is 106 cm³/mol. The van der Waals surface area contributed by atoms with Crippen molar-refractivity contribution in [2.45, 2.75) is 19.0 Å². The lowest BCUT2D eigenvalue weighted by molar-refractivity contribution is -0.706. The van der Waals surface area contributed by atoms with Gasteiger partial charge in [0.2, 0.25) is 5.91 Å². The van der Waals surface area contributed by atoms with Crippen molar-refractivity contribution >= 4 is 23.2 Å². The van der Waals surface area contributed by atoms with Gasteiger partial charge in [-0.3, -0.25) is 14.5 Å². The van der Waals surface area contributed by atoms with Crippen LogP contribution in [0.4, 0.5) is 11.4 Å². The van der Waals surface area contributed by atoms with Crippen molar-refractivity contribution in [1.82, 2.24) is 0 Å². The number of carbonyl (C=O) groups is 2. The van der Waals surface area contributed by atoms with Gasteiger partial charge in [0.15, 0.2) is 17.8 Å². The van der Waals surface area contributed by atoms with Gasteiger partial charge in [-0.2, -0.15) is 0 Å². The highest BCUT2D eigenvalue weighted by molar-refractivity contribution is 6.10. The lowest BCUT2D eigenvalue weighted by atomic mass is 10.0. The maximum atomic E-state index is 13.2. The highest BCUT2D eigenvalue weighted by Crippen LogP contribution is 2.29. The number of carbonyl (C=O) groups excluding carboxylic acids is 2. The number of nitrogens with two attached hydrogens (primary N) is 1. The van der Waals surface area contributed by atoms with E-state index in [1.54, 1.807) is 17.2 Å². The Bertz CT molecular complexity index is 970. The van der Waals surface area contributed by atoms with Gasteiger partial charge in [0, 0.05) is 5.56 Å². The third-order valence-electron chi connectivity index (χ3n) is 4.92. The number of quaternary nitrogens is 1. The molecule has 142 valence electrons. The molecule has 2 heterocycles. The van der Waals surface area contributed by atoms with Crippen LogP contribution in [0, 0.1) is 0 Å². The van der Waals surface area contributed by atoms with Gasteiger partial charge in [-0.25, -0.2) is 0 Å². The maximum Gasteiger partial charge on any atom is 0.285 e. The van der Waals surface area contributed by atoms with E-state index in [0.717, 1.165) is 17.0 Å². The number of benzene rings is 2. The topological polar surface area (TPSA) is 79.2 Å². The second-order valence-electron chi connectivity index (χ2n) is 6.87. The molecule has 1 aromatic heterocycles. The number of para-hydroxylation sites is 2. The molecule has 28 heavy (non-hydrogen) atoms. The fourth-order valence-corrected chi connectivity index (χ4v) is 3.55. The summed E-state index contributed by atoms with van der Waals surface area (Å²) in [7, 11) is 0. The Kier molecular flexibility index (Phi) is 4.95. The smallest absolute Gasteiger partial charge is 0.285 e. The number of hydrogen-bond donors (Lipinski definition) is 2. The summed E-state index contributed by atoms with van der Waals surface area (Å²) in [6.45, 7) is 1.88. The van der Waals surface area contributed by atoms with Gasteiger partial charge in [0.25, 0.3) is 5.91 Å². The van der Waals surface area contributed by atoms with Crippen molar-refractivity contribution in [3.63, 3.8) is 0 Å². The molecule has 3 aromatic rings. The number of furan rings is 1. The molecule has 0 spiro atoms. The van der Waals surface area contributed by atoms with Crippen molar-refractivity contribution in [3.8, 4) is 0 Å². The van der Waals surface area contributed by atoms with E-state index in [0.29, 0.717) is 5.69 Å². The molecule has 6 heteroatoms. The van der Waals surface area contributed by atoms with E-state index < -0.39 is 6.04 Å². The van der Waals surface area contributed by atoms with Crippen molar-refractivity contribution in [1.29, 1.82) is 0 Å². The van der Waals surface area contributed by atoms with Crippen LogP contribution < -0.4 is 15.5 Å². The summed E-state index contributed by atoms with van der Waals surface area (Å²) >= 11 is 0. The highest BCUT2D eigenvalue weighted by Gasteiger charge is 2.33. The Labute approximate surface area is 163 Å². The summed E-state index contributed by atoms with van der Waals surface area (Å²) in [5, 5.41) is 4.79. The molecule has 0 aliphatic carbocycles. The summed E-state index contributed by atoms with van der Waals surface area (Å²) in [4.78, 5) is 26.8. The van der Waals surface area contributed by atoms with E-state index in [9.17, 15) is 9.59 Å². The minimum Gasteiger partial charge on any atom is -0.463 e. The Morgan fingerprint density at radius 1 is 1.07 bits per heavy atom. The summed E-state index contributed by atoms with van der Waals surface area (Å²) in [6.07, 6.45) is 1.64. The van der Waals surface area contributed by atoms with Crippen LogP contribution in [0.2, 0.25) is 0 Å². The second kappa shape index (κ2) is 7.70. The van der Waals surface area contributed by atoms with Crippen LogP contribution in [-0.2, 0) is 9.59 Å². The minimum atomic E-state index is -0.408. The minimum absolute atomic E-state index is 0.0186. The molecule has 0 unspecified atom stereocenters. The summed E-state index contributed by atoms with van der Waals surface area (Å²) in [5.41, 5.74) is 2.43. The van der Waals surface area contributed by atoms with Gasteiger partial charge < -0.3 is 15.1 Å². The molecular weight excluding hydrogens is 354 g/mol. The van der Waals surface area contributed by atoms with Crippen LogP contribution in [0.3, 0.4) is 0 Å². The molecule has 0 bridgehead atoms. The molecule has 1 aliphatic rings. The fraction of sp³-hybridized carbons (Fsp3) is 0.182. The zero-order valence-corrected chi connectivity index (χ0v) is 15.5. The van der Waals surface area contributed by atoms with Crippen LogP contribution >= 0.6 is 0 Å². The van der Waals surface area contributed by atoms with Crippen LogP contribution in [0.1, 0.15) is 24.3 Å². The number of anilines is 2. The molecule has 0 saturated carbocycles. The zero-order chi connectivity index (χ0) is 19.5. The summed E-state index contributed by atoms with van der Waals surface area (Å²) in [5.74, 6) is 0.474. The van der Waals surface area contributed by atoms with Gasteiger partial charge in [-0.05, 0) is 31.2 Å². The number of fused-ring (bicyclic) bond motifs is 1. The van der Waals surface area contributed by atoms with Gasteiger partial charge in [0.1, 0.15) is 6.54 Å². The van der Waals surface area contributed by atoms with E-state index >= 15 is 0 Å². The predicted octanol–water partition coefficient (Wildman–Crippen LogP) is 2.31. The SMILES string of the molecule is C[C@H]([NH2+][C@H](c1ccccc1)c1ccco1)C(=O)N1CC(=O)Nc2ccccc21. The standard InChI is InChI=1S/C22H21N3O3/c1-15(22(27)25-14-20(26)24-17-10-5-6-11-18(17)25)23-21(19-12-7-13-28-19)16-8-3-2-4-9-16/h2-13,15,21,23H,14H2,1H3,(H,24,26)/p+1/t15-,21+/m0/s1. The first-order chi connectivity index (χ1) is 13.6. The molecule has 4 rings (SSSR count). The van der Waals surface area contributed by atoms with Gasteiger partial charge >= 0.3 is 0 Å². The Morgan fingerprint density at radius 3 is 2.57 bits per heavy atom. The first-order valence-corrected chi connectivity index (χ1v) is 9.27. The maximum absolute atomic E-state index is 13.2. The number of nitrogens with zero attached hydrogens (tertiary/aromatic N) is 1. The molecule has 6 nitrogen and oxygen atoms in total. The molecule has 0 fully saturated rings. The highest BCUT2D eigenvalue weighted by atomic mass is 16.3. The average molecular weight is 376 g/mol. The monoisotopic (exact) mass is 376 g/mol. The van der Waals surface area contributed by atoms with Crippen LogP contribution in [0.15, 0.2) is 77.4 Å². The van der Waals surface area contributed by atoms with Crippen molar-refractivity contribution in [2.24, 2.45) is 0 Å². The third kappa shape index (κ3) is 3.54. The molecule has 1 aliphatic heterocycles. The molecule has 2 amide bonds. The molecule has 3 N–H and O–H groups in total. The van der Waals surface area contributed by atoms with Crippen LogP contribution in [0.5, 0.6) is 0 Å². The first-order valence-electron chi connectivity index (χ1n) is 9.27. The van der Waals surface area contributed by atoms with Gasteiger partial charge in [0.05, 0.1) is 17.6 Å². The summed E-state index contributed by atoms with van der Waals surface area (Å²) < 4.78 is 5.63. The number of nitrogens with one attached hydrogen (secondary N) is 1. The van der Waals surface area contributed by atoms with E-state index in [4.69, 9.17) is 4.42 Å². The lowest BCUT2D eigenvalue weighted by Crippen LogP contribution is -2.93. The van der Waals surface area contributed by atoms with E-state index in [-0.39, 0.29) is 24.4 Å². The zero-order valence-electron chi connectivity index (χ0n) is 15.5. The van der Waals surface area contributed by atoms with E-state index in [1.807, 2.05) is 72.9 Å². The fourth-order valence-electron chi connectivity index (χ4n) is 3.55. The third-order valence-corrected chi connectivity index (χ3v) is 4.92. The second-order valence-corrected chi connectivity index (χ2v) is 6.87. The lowest BCUT2D eigenvalue weighted by Gasteiger charge is -2.31. The number of hydrogen-bond acceptors (Lipinski definition) is 3. The molecule has 0 radical (unpaired) electrons. The Hall–Kier alpha value is -3.38. The van der Waals surface area contributed by atoms with Crippen molar-refractivity contribution < 1.29 is 19.3 Å². The Morgan fingerprint density at radius 2 is 1.82 bits per heavy atom. The van der Waals surface area contributed by atoms with Gasteiger partial charge in [-0.1, -0.05) is 42.5 Å². The van der Waals surface area contributed by atoms with Crippen LogP contribution in [-0.4, -0.2) is 24.4 Å². The quantitative estimate of drug-likeness (QED) is 0.717. The van der Waals surface area contributed by atoms with Gasteiger partial charge in [-0.15, -0.1) is 0 Å². The molecule has 2 aromatic carbocycles. The largest absolute Gasteiger partial charge is 0.463 e. The first kappa shape index (κ1) is 18.0. The molecular formula is C22H22N3O3+. The van der Waals surface area contributed by atoms with Crippen LogP contribution in [0.25, 0.3) is 0 Å².